The summed E-state index contributed by atoms with van der Waals surface area (Å²) in [6.07, 6.45) is 0.698. The van der Waals surface area contributed by atoms with Gasteiger partial charge >= 0.3 is 0 Å². The molecule has 0 saturated carbocycles. The van der Waals surface area contributed by atoms with Gasteiger partial charge in [-0.3, -0.25) is 0 Å². The number of nitrogens with zero attached hydrogens (tertiary/aromatic N) is 2. The number of aryl methyl sites for hydroxylation is 1. The molecule has 2 rings (SSSR count). The molecule has 0 spiro atoms. The Balaban J connectivity index is 1.86. The van der Waals surface area contributed by atoms with Gasteiger partial charge in [-0.2, -0.15) is 4.98 Å². The zero-order valence-electron chi connectivity index (χ0n) is 10.8. The first kappa shape index (κ1) is 14.1. The van der Waals surface area contributed by atoms with Gasteiger partial charge in [-0.1, -0.05) is 11.2 Å². The molecule has 0 saturated heterocycles. The van der Waals surface area contributed by atoms with Gasteiger partial charge in [0.1, 0.15) is 5.82 Å². The normalized spacial score (nSPS) is 12.6. The molecule has 1 aromatic carbocycles. The highest BCUT2D eigenvalue weighted by Gasteiger charge is 2.08. The van der Waals surface area contributed by atoms with Crippen LogP contribution in [0, 0.1) is 12.7 Å². The van der Waals surface area contributed by atoms with E-state index in [9.17, 15) is 4.39 Å². The van der Waals surface area contributed by atoms with Crippen LogP contribution in [0.15, 0.2) is 27.2 Å². The molecule has 1 aromatic heterocycles. The molecule has 4 nitrogen and oxygen atoms in total. The van der Waals surface area contributed by atoms with Crippen LogP contribution in [0.4, 0.5) is 4.39 Å². The van der Waals surface area contributed by atoms with Crippen LogP contribution >= 0.6 is 15.9 Å². The quantitative estimate of drug-likeness (QED) is 0.916. The minimum Gasteiger partial charge on any atom is -0.340 e. The van der Waals surface area contributed by atoms with Gasteiger partial charge < -0.3 is 9.84 Å². The Hall–Kier alpha value is -1.27. The van der Waals surface area contributed by atoms with Crippen molar-refractivity contribution in [3.63, 3.8) is 0 Å². The van der Waals surface area contributed by atoms with Crippen molar-refractivity contribution in [3.8, 4) is 0 Å². The van der Waals surface area contributed by atoms with Crippen molar-refractivity contribution in [2.75, 3.05) is 6.54 Å². The Morgan fingerprint density at radius 2 is 2.26 bits per heavy atom. The summed E-state index contributed by atoms with van der Waals surface area (Å²) >= 11 is 3.19. The average Bonchev–Trinajstić information content (AvgIpc) is 2.78. The van der Waals surface area contributed by atoms with Crippen molar-refractivity contribution in [1.29, 1.82) is 0 Å². The van der Waals surface area contributed by atoms with Crippen LogP contribution in [0.5, 0.6) is 0 Å². The van der Waals surface area contributed by atoms with Crippen LogP contribution in [0.25, 0.3) is 0 Å². The molecular weight excluding hydrogens is 313 g/mol. The fourth-order valence-electron chi connectivity index (χ4n) is 1.74. The molecule has 0 aliphatic rings. The van der Waals surface area contributed by atoms with Gasteiger partial charge in [-0.05, 0) is 40.5 Å². The molecule has 1 unspecified atom stereocenters. The smallest absolute Gasteiger partial charge is 0.223 e. The zero-order chi connectivity index (χ0) is 13.8. The average molecular weight is 328 g/mol. The highest BCUT2D eigenvalue weighted by Crippen LogP contribution is 2.21. The molecule has 0 amide bonds. The lowest BCUT2D eigenvalue weighted by Crippen LogP contribution is -2.21. The Morgan fingerprint density at radius 3 is 2.89 bits per heavy atom. The Labute approximate surface area is 119 Å². The maximum Gasteiger partial charge on any atom is 0.223 e. The van der Waals surface area contributed by atoms with Crippen molar-refractivity contribution in [2.24, 2.45) is 0 Å². The van der Waals surface area contributed by atoms with E-state index in [4.69, 9.17) is 4.52 Å². The molecule has 6 heteroatoms. The van der Waals surface area contributed by atoms with E-state index in [1.54, 1.807) is 19.1 Å². The zero-order valence-corrected chi connectivity index (χ0v) is 12.4. The molecule has 1 heterocycles. The second-order valence-corrected chi connectivity index (χ2v) is 5.18. The summed E-state index contributed by atoms with van der Waals surface area (Å²) in [5, 5.41) is 7.17. The fraction of sp³-hybridized carbons (Fsp3) is 0.385. The summed E-state index contributed by atoms with van der Waals surface area (Å²) < 4.78 is 18.5. The third kappa shape index (κ3) is 3.84. The van der Waals surface area contributed by atoms with Gasteiger partial charge in [-0.15, -0.1) is 0 Å². The van der Waals surface area contributed by atoms with Crippen molar-refractivity contribution < 1.29 is 8.91 Å². The van der Waals surface area contributed by atoms with Crippen LogP contribution < -0.4 is 5.32 Å². The second kappa shape index (κ2) is 6.25. The van der Waals surface area contributed by atoms with Crippen molar-refractivity contribution in [2.45, 2.75) is 26.3 Å². The Kier molecular flexibility index (Phi) is 4.66. The lowest BCUT2D eigenvalue weighted by atomic mass is 10.1. The van der Waals surface area contributed by atoms with Gasteiger partial charge in [0.25, 0.3) is 0 Å². The van der Waals surface area contributed by atoms with Gasteiger partial charge in [0, 0.05) is 25.9 Å². The number of hydrogen-bond donors (Lipinski definition) is 1. The summed E-state index contributed by atoms with van der Waals surface area (Å²) in [5.41, 5.74) is 1.03. The van der Waals surface area contributed by atoms with E-state index in [-0.39, 0.29) is 11.9 Å². The summed E-state index contributed by atoms with van der Waals surface area (Å²) in [4.78, 5) is 4.13. The molecule has 19 heavy (non-hydrogen) atoms. The van der Waals surface area contributed by atoms with E-state index in [1.807, 2.05) is 6.92 Å². The first-order valence-electron chi connectivity index (χ1n) is 6.04. The van der Waals surface area contributed by atoms with Crippen molar-refractivity contribution >= 4 is 15.9 Å². The van der Waals surface area contributed by atoms with Crippen molar-refractivity contribution in [3.05, 3.63) is 45.8 Å². The summed E-state index contributed by atoms with van der Waals surface area (Å²) in [7, 11) is 0. The Bertz CT molecular complexity index is 559. The molecule has 0 radical (unpaired) electrons. The topological polar surface area (TPSA) is 51.0 Å². The number of rotatable bonds is 5. The second-order valence-electron chi connectivity index (χ2n) is 4.33. The molecule has 102 valence electrons. The van der Waals surface area contributed by atoms with Gasteiger partial charge in [0.15, 0.2) is 5.82 Å². The SMILES string of the molecule is Cc1nc(CCNC(C)c2ccc(F)c(Br)c2)no1. The largest absolute Gasteiger partial charge is 0.340 e. The van der Waals surface area contributed by atoms with E-state index in [0.717, 1.165) is 12.1 Å². The summed E-state index contributed by atoms with van der Waals surface area (Å²) in [6.45, 7) is 4.53. The molecule has 1 N–H and O–H groups in total. The van der Waals surface area contributed by atoms with Gasteiger partial charge in [0.05, 0.1) is 4.47 Å². The minimum atomic E-state index is -0.252. The summed E-state index contributed by atoms with van der Waals surface area (Å²) in [5.74, 6) is 1.02. The van der Waals surface area contributed by atoms with Crippen LogP contribution in [-0.2, 0) is 6.42 Å². The lowest BCUT2D eigenvalue weighted by Gasteiger charge is -2.14. The maximum atomic E-state index is 13.1. The highest BCUT2D eigenvalue weighted by atomic mass is 79.9. The molecule has 1 atom stereocenters. The number of halogens is 2. The van der Waals surface area contributed by atoms with Crippen LogP contribution in [0.1, 0.15) is 30.2 Å². The molecule has 2 aromatic rings. The number of nitrogens with one attached hydrogen (secondary N) is 1. The summed E-state index contributed by atoms with van der Waals surface area (Å²) in [6, 6.07) is 5.15. The maximum absolute atomic E-state index is 13.1. The lowest BCUT2D eigenvalue weighted by molar-refractivity contribution is 0.386. The predicted octanol–water partition coefficient (Wildman–Crippen LogP) is 3.17. The Morgan fingerprint density at radius 1 is 1.47 bits per heavy atom. The molecule has 0 fully saturated rings. The fourth-order valence-corrected chi connectivity index (χ4v) is 2.14. The molecule has 0 aliphatic carbocycles. The number of hydrogen-bond acceptors (Lipinski definition) is 4. The van der Waals surface area contributed by atoms with Crippen LogP contribution in [0.2, 0.25) is 0 Å². The van der Waals surface area contributed by atoms with Crippen molar-refractivity contribution in [1.82, 2.24) is 15.5 Å². The number of aromatic nitrogens is 2. The molecule has 0 bridgehead atoms. The molecular formula is C13H15BrFN3O. The van der Waals surface area contributed by atoms with E-state index in [0.29, 0.717) is 22.6 Å². The standard InChI is InChI=1S/C13H15BrFN3O/c1-8(10-3-4-12(15)11(14)7-10)16-6-5-13-17-9(2)19-18-13/h3-4,7-8,16H,5-6H2,1-2H3. The third-order valence-electron chi connectivity index (χ3n) is 2.81. The van der Waals surface area contributed by atoms with Crippen LogP contribution in [0.3, 0.4) is 0 Å². The molecule has 0 aliphatic heterocycles. The monoisotopic (exact) mass is 327 g/mol. The van der Waals surface area contributed by atoms with E-state index in [1.165, 1.54) is 6.07 Å². The first-order chi connectivity index (χ1) is 9.06. The van der Waals surface area contributed by atoms with E-state index < -0.39 is 0 Å². The third-order valence-corrected chi connectivity index (χ3v) is 3.42. The minimum absolute atomic E-state index is 0.130. The number of benzene rings is 1. The highest BCUT2D eigenvalue weighted by molar-refractivity contribution is 9.10. The first-order valence-corrected chi connectivity index (χ1v) is 6.83. The van der Waals surface area contributed by atoms with Crippen LogP contribution in [-0.4, -0.2) is 16.7 Å². The van der Waals surface area contributed by atoms with Gasteiger partial charge in [0.2, 0.25) is 5.89 Å². The van der Waals surface area contributed by atoms with Gasteiger partial charge in [-0.25, -0.2) is 4.39 Å². The predicted molar refractivity (Wildman–Crippen MR) is 73.3 cm³/mol. The van der Waals surface area contributed by atoms with E-state index >= 15 is 0 Å². The van der Waals surface area contributed by atoms with E-state index in [2.05, 4.69) is 31.4 Å².